The van der Waals surface area contributed by atoms with Gasteiger partial charge in [-0.3, -0.25) is 4.79 Å². The molecule has 1 saturated heterocycles. The van der Waals surface area contributed by atoms with E-state index in [0.29, 0.717) is 11.3 Å². The van der Waals surface area contributed by atoms with Gasteiger partial charge in [-0.2, -0.15) is 0 Å². The third-order valence-electron chi connectivity index (χ3n) is 5.14. The SMILES string of the molecule is Cc1nc(N2CCCC2)nc(C)c1NC(=O)c1ccc(-c2ccccc2)cc1. The number of aryl methyl sites for hydroxylation is 2. The van der Waals surface area contributed by atoms with Crippen LogP contribution in [0.4, 0.5) is 11.6 Å². The van der Waals surface area contributed by atoms with Gasteiger partial charge in [0.15, 0.2) is 0 Å². The zero-order valence-electron chi connectivity index (χ0n) is 16.3. The van der Waals surface area contributed by atoms with E-state index in [1.807, 2.05) is 56.3 Å². The van der Waals surface area contributed by atoms with Gasteiger partial charge in [0, 0.05) is 18.7 Å². The smallest absolute Gasteiger partial charge is 0.255 e. The standard InChI is InChI=1S/C23H24N4O/c1-16-21(17(2)25-23(24-16)27-14-6-7-15-27)26-22(28)20-12-10-19(11-13-20)18-8-4-3-5-9-18/h3-5,8-13H,6-7,14-15H2,1-2H3,(H,26,28). The van der Waals surface area contributed by atoms with Crippen LogP contribution in [0.5, 0.6) is 0 Å². The first-order valence-electron chi connectivity index (χ1n) is 9.69. The number of carbonyl (C=O) groups is 1. The van der Waals surface area contributed by atoms with E-state index in [1.54, 1.807) is 0 Å². The van der Waals surface area contributed by atoms with Crippen LogP contribution in [0.25, 0.3) is 11.1 Å². The molecule has 2 heterocycles. The third-order valence-corrected chi connectivity index (χ3v) is 5.14. The van der Waals surface area contributed by atoms with Crippen molar-refractivity contribution in [1.82, 2.24) is 9.97 Å². The van der Waals surface area contributed by atoms with Gasteiger partial charge < -0.3 is 10.2 Å². The molecular formula is C23H24N4O. The molecule has 0 unspecified atom stereocenters. The van der Waals surface area contributed by atoms with Gasteiger partial charge >= 0.3 is 0 Å². The maximum Gasteiger partial charge on any atom is 0.255 e. The highest BCUT2D eigenvalue weighted by atomic mass is 16.1. The second-order valence-corrected chi connectivity index (χ2v) is 7.16. The molecule has 1 N–H and O–H groups in total. The normalized spacial score (nSPS) is 13.6. The minimum absolute atomic E-state index is 0.150. The summed E-state index contributed by atoms with van der Waals surface area (Å²) in [7, 11) is 0. The molecule has 0 aliphatic carbocycles. The summed E-state index contributed by atoms with van der Waals surface area (Å²) in [5.74, 6) is 0.612. The molecule has 1 aliphatic heterocycles. The first-order valence-corrected chi connectivity index (χ1v) is 9.69. The van der Waals surface area contributed by atoms with Crippen molar-refractivity contribution < 1.29 is 4.79 Å². The Kier molecular flexibility index (Phi) is 5.06. The van der Waals surface area contributed by atoms with Crippen LogP contribution in [-0.4, -0.2) is 29.0 Å². The average molecular weight is 372 g/mol. The molecule has 0 spiro atoms. The monoisotopic (exact) mass is 372 g/mol. The Morgan fingerprint density at radius 2 is 1.43 bits per heavy atom. The highest BCUT2D eigenvalue weighted by Gasteiger charge is 2.18. The van der Waals surface area contributed by atoms with Crippen molar-refractivity contribution in [2.75, 3.05) is 23.3 Å². The number of nitrogens with one attached hydrogen (secondary N) is 1. The van der Waals surface area contributed by atoms with Crippen molar-refractivity contribution in [1.29, 1.82) is 0 Å². The van der Waals surface area contributed by atoms with Gasteiger partial charge in [0.05, 0.1) is 17.1 Å². The molecule has 1 fully saturated rings. The number of carbonyl (C=O) groups excluding carboxylic acids is 1. The van der Waals surface area contributed by atoms with E-state index in [0.717, 1.165) is 41.6 Å². The van der Waals surface area contributed by atoms with Gasteiger partial charge in [0.1, 0.15) is 0 Å². The van der Waals surface area contributed by atoms with Gasteiger partial charge in [-0.05, 0) is 49.9 Å². The number of nitrogens with zero attached hydrogens (tertiary/aromatic N) is 3. The average Bonchev–Trinajstić information content (AvgIpc) is 3.26. The van der Waals surface area contributed by atoms with Crippen LogP contribution in [0, 0.1) is 13.8 Å². The Hall–Kier alpha value is -3.21. The van der Waals surface area contributed by atoms with E-state index in [1.165, 1.54) is 12.8 Å². The van der Waals surface area contributed by atoms with Crippen molar-refractivity contribution in [2.24, 2.45) is 0 Å². The molecule has 5 nitrogen and oxygen atoms in total. The lowest BCUT2D eigenvalue weighted by atomic mass is 10.0. The molecule has 3 aromatic rings. The summed E-state index contributed by atoms with van der Waals surface area (Å²) >= 11 is 0. The van der Waals surface area contributed by atoms with Crippen LogP contribution in [0.2, 0.25) is 0 Å². The van der Waals surface area contributed by atoms with Crippen molar-refractivity contribution >= 4 is 17.5 Å². The molecule has 142 valence electrons. The Labute approximate surface area is 165 Å². The molecule has 0 bridgehead atoms. The lowest BCUT2D eigenvalue weighted by Crippen LogP contribution is -2.22. The van der Waals surface area contributed by atoms with Gasteiger partial charge in [0.25, 0.3) is 5.91 Å². The maximum atomic E-state index is 12.7. The molecule has 28 heavy (non-hydrogen) atoms. The molecule has 0 atom stereocenters. The van der Waals surface area contributed by atoms with E-state index in [9.17, 15) is 4.79 Å². The minimum atomic E-state index is -0.150. The molecule has 0 radical (unpaired) electrons. The first kappa shape index (κ1) is 18.2. The Morgan fingerprint density at radius 3 is 2.04 bits per heavy atom. The number of amides is 1. The van der Waals surface area contributed by atoms with Crippen molar-refractivity contribution in [3.8, 4) is 11.1 Å². The van der Waals surface area contributed by atoms with E-state index in [4.69, 9.17) is 0 Å². The zero-order chi connectivity index (χ0) is 19.5. The maximum absolute atomic E-state index is 12.7. The first-order chi connectivity index (χ1) is 13.6. The molecule has 1 amide bonds. The zero-order valence-corrected chi connectivity index (χ0v) is 16.3. The quantitative estimate of drug-likeness (QED) is 0.726. The van der Waals surface area contributed by atoms with Crippen LogP contribution in [0.3, 0.4) is 0 Å². The summed E-state index contributed by atoms with van der Waals surface area (Å²) in [5.41, 5.74) is 5.12. The summed E-state index contributed by atoms with van der Waals surface area (Å²) < 4.78 is 0. The number of anilines is 2. The van der Waals surface area contributed by atoms with E-state index < -0.39 is 0 Å². The van der Waals surface area contributed by atoms with Crippen LogP contribution in [0.1, 0.15) is 34.6 Å². The predicted molar refractivity (Wildman–Crippen MR) is 113 cm³/mol. The van der Waals surface area contributed by atoms with Gasteiger partial charge in [0.2, 0.25) is 5.95 Å². The second kappa shape index (κ2) is 7.80. The predicted octanol–water partition coefficient (Wildman–Crippen LogP) is 4.61. The van der Waals surface area contributed by atoms with Gasteiger partial charge in [-0.15, -0.1) is 0 Å². The largest absolute Gasteiger partial charge is 0.341 e. The summed E-state index contributed by atoms with van der Waals surface area (Å²) in [4.78, 5) is 24.2. The van der Waals surface area contributed by atoms with Crippen LogP contribution in [-0.2, 0) is 0 Å². The second-order valence-electron chi connectivity index (χ2n) is 7.16. The molecule has 0 saturated carbocycles. The highest BCUT2D eigenvalue weighted by molar-refractivity contribution is 6.05. The number of hydrogen-bond acceptors (Lipinski definition) is 4. The molecule has 2 aromatic carbocycles. The van der Waals surface area contributed by atoms with Crippen molar-refractivity contribution in [3.05, 3.63) is 71.5 Å². The topological polar surface area (TPSA) is 58.1 Å². The molecule has 5 heteroatoms. The fraction of sp³-hybridized carbons (Fsp3) is 0.261. The number of rotatable bonds is 4. The highest BCUT2D eigenvalue weighted by Crippen LogP contribution is 2.24. The fourth-order valence-corrected chi connectivity index (χ4v) is 3.57. The van der Waals surface area contributed by atoms with Gasteiger partial charge in [-0.25, -0.2) is 9.97 Å². The lowest BCUT2D eigenvalue weighted by molar-refractivity contribution is 0.102. The third kappa shape index (κ3) is 3.74. The molecule has 4 rings (SSSR count). The summed E-state index contributed by atoms with van der Waals surface area (Å²) in [6, 6.07) is 17.8. The van der Waals surface area contributed by atoms with E-state index in [2.05, 4.69) is 32.3 Å². The minimum Gasteiger partial charge on any atom is -0.341 e. The fourth-order valence-electron chi connectivity index (χ4n) is 3.57. The Balaban J connectivity index is 1.52. The molecule has 1 aromatic heterocycles. The number of hydrogen-bond donors (Lipinski definition) is 1. The molecular weight excluding hydrogens is 348 g/mol. The van der Waals surface area contributed by atoms with Crippen molar-refractivity contribution in [2.45, 2.75) is 26.7 Å². The Bertz CT molecular complexity index is 954. The Morgan fingerprint density at radius 1 is 0.857 bits per heavy atom. The van der Waals surface area contributed by atoms with Gasteiger partial charge in [-0.1, -0.05) is 42.5 Å². The lowest BCUT2D eigenvalue weighted by Gasteiger charge is -2.18. The summed E-state index contributed by atoms with van der Waals surface area (Å²) in [5, 5.41) is 2.99. The van der Waals surface area contributed by atoms with E-state index >= 15 is 0 Å². The van der Waals surface area contributed by atoms with E-state index in [-0.39, 0.29) is 5.91 Å². The summed E-state index contributed by atoms with van der Waals surface area (Å²) in [6.07, 6.45) is 2.36. The van der Waals surface area contributed by atoms with Crippen molar-refractivity contribution in [3.63, 3.8) is 0 Å². The van der Waals surface area contributed by atoms with Crippen LogP contribution >= 0.6 is 0 Å². The summed E-state index contributed by atoms with van der Waals surface area (Å²) in [6.45, 7) is 5.83. The number of benzene rings is 2. The number of aromatic nitrogens is 2. The van der Waals surface area contributed by atoms with Crippen LogP contribution < -0.4 is 10.2 Å². The van der Waals surface area contributed by atoms with Crippen LogP contribution in [0.15, 0.2) is 54.6 Å². The molecule has 1 aliphatic rings.